The summed E-state index contributed by atoms with van der Waals surface area (Å²) in [7, 11) is 0. The van der Waals surface area contributed by atoms with Crippen LogP contribution in [0.1, 0.15) is 12.8 Å². The molecule has 0 aromatic heterocycles. The van der Waals surface area contributed by atoms with Gasteiger partial charge in [0.05, 0.1) is 19.3 Å². The van der Waals surface area contributed by atoms with E-state index in [1.54, 1.807) is 6.08 Å². The molecule has 0 aliphatic heterocycles. The molecule has 6 nitrogen and oxygen atoms in total. The Balaban J connectivity index is 3.33. The van der Waals surface area contributed by atoms with Crippen molar-refractivity contribution in [3.05, 3.63) is 12.7 Å². The number of carbonyl (C=O) groups is 1. The molecule has 0 aromatic carbocycles. The van der Waals surface area contributed by atoms with E-state index in [1.807, 2.05) is 0 Å². The quantitative estimate of drug-likeness (QED) is 0.207. The van der Waals surface area contributed by atoms with Crippen LogP contribution < -0.4 is 5.73 Å². The van der Waals surface area contributed by atoms with E-state index in [1.165, 1.54) is 0 Å². The third kappa shape index (κ3) is 8.37. The van der Waals surface area contributed by atoms with Gasteiger partial charge in [0.25, 0.3) is 0 Å². The lowest BCUT2D eigenvalue weighted by atomic mass is 10.3. The summed E-state index contributed by atoms with van der Waals surface area (Å²) >= 11 is 0. The number of aliphatic hydroxyl groups is 2. The van der Waals surface area contributed by atoms with Crippen LogP contribution in [0.3, 0.4) is 0 Å². The van der Waals surface area contributed by atoms with Gasteiger partial charge < -0.3 is 25.4 Å². The molecular formula is C10H19NO5. The van der Waals surface area contributed by atoms with Crippen molar-refractivity contribution >= 4 is 5.97 Å². The Kier molecular flexibility index (Phi) is 8.74. The lowest BCUT2D eigenvalue weighted by Crippen LogP contribution is -2.38. The monoisotopic (exact) mass is 233 g/mol. The molecular weight excluding hydrogens is 214 g/mol. The second-order valence-electron chi connectivity index (χ2n) is 3.20. The molecule has 94 valence electrons. The predicted molar refractivity (Wildman–Crippen MR) is 57.4 cm³/mol. The average Bonchev–Trinajstić information content (AvgIpc) is 2.25. The average molecular weight is 233 g/mol. The Morgan fingerprint density at radius 1 is 1.44 bits per heavy atom. The molecule has 0 aromatic rings. The van der Waals surface area contributed by atoms with Crippen molar-refractivity contribution in [2.45, 2.75) is 25.2 Å². The number of allylic oxidation sites excluding steroid dienone is 1. The van der Waals surface area contributed by atoms with Gasteiger partial charge in [-0.25, -0.2) is 0 Å². The molecule has 6 heteroatoms. The molecule has 0 unspecified atom stereocenters. The van der Waals surface area contributed by atoms with Crippen LogP contribution in [-0.4, -0.2) is 48.3 Å². The molecule has 0 saturated carbocycles. The fraction of sp³-hybridized carbons (Fsp3) is 0.700. The third-order valence-electron chi connectivity index (χ3n) is 1.74. The van der Waals surface area contributed by atoms with Gasteiger partial charge in [-0.2, -0.15) is 0 Å². The number of nitrogens with two attached hydrogens (primary N) is 1. The Morgan fingerprint density at radius 2 is 2.12 bits per heavy atom. The Bertz CT molecular complexity index is 207. The van der Waals surface area contributed by atoms with Crippen molar-refractivity contribution < 1.29 is 24.5 Å². The molecule has 0 spiro atoms. The summed E-state index contributed by atoms with van der Waals surface area (Å²) in [5, 5.41) is 17.2. The van der Waals surface area contributed by atoms with Crippen molar-refractivity contribution in [2.75, 3.05) is 19.8 Å². The summed E-state index contributed by atoms with van der Waals surface area (Å²) in [5.41, 5.74) is 5.28. The van der Waals surface area contributed by atoms with E-state index < -0.39 is 12.3 Å². The third-order valence-corrected chi connectivity index (χ3v) is 1.74. The molecule has 0 fully saturated rings. The number of aliphatic hydroxyl groups excluding tert-OH is 1. The number of rotatable bonds is 9. The van der Waals surface area contributed by atoms with Gasteiger partial charge in [0, 0.05) is 6.42 Å². The maximum atomic E-state index is 11.0. The van der Waals surface area contributed by atoms with Gasteiger partial charge in [-0.1, -0.05) is 6.08 Å². The molecule has 0 bridgehead atoms. The topological polar surface area (TPSA) is 102 Å². The minimum absolute atomic E-state index is 0.00186. The molecule has 4 N–H and O–H groups in total. The zero-order chi connectivity index (χ0) is 12.4. The zero-order valence-corrected chi connectivity index (χ0v) is 9.17. The maximum Gasteiger partial charge on any atom is 0.306 e. The van der Waals surface area contributed by atoms with Crippen molar-refractivity contribution in [2.24, 2.45) is 5.73 Å². The maximum absolute atomic E-state index is 11.0. The lowest BCUT2D eigenvalue weighted by Gasteiger charge is -2.13. The highest BCUT2D eigenvalue weighted by Gasteiger charge is 2.10. The van der Waals surface area contributed by atoms with Crippen LogP contribution in [0.15, 0.2) is 12.7 Å². The van der Waals surface area contributed by atoms with Gasteiger partial charge in [0.1, 0.15) is 6.61 Å². The normalized spacial score (nSPS) is 12.5. The Hall–Kier alpha value is -0.950. The summed E-state index contributed by atoms with van der Waals surface area (Å²) in [4.78, 5) is 11.0. The first-order valence-electron chi connectivity index (χ1n) is 5.04. The number of ether oxygens (including phenoxy) is 2. The van der Waals surface area contributed by atoms with Gasteiger partial charge in [-0.15, -0.1) is 6.58 Å². The first-order chi connectivity index (χ1) is 7.57. The van der Waals surface area contributed by atoms with Crippen molar-refractivity contribution in [1.82, 2.24) is 0 Å². The van der Waals surface area contributed by atoms with E-state index in [4.69, 9.17) is 25.4 Å². The first kappa shape index (κ1) is 15.0. The molecule has 0 aliphatic carbocycles. The number of esters is 1. The Morgan fingerprint density at radius 3 is 2.69 bits per heavy atom. The highest BCUT2D eigenvalue weighted by molar-refractivity contribution is 5.69. The van der Waals surface area contributed by atoms with Crippen LogP contribution in [0, 0.1) is 0 Å². The van der Waals surface area contributed by atoms with E-state index >= 15 is 0 Å². The van der Waals surface area contributed by atoms with Crippen molar-refractivity contribution in [3.8, 4) is 0 Å². The highest BCUT2D eigenvalue weighted by atomic mass is 16.6. The summed E-state index contributed by atoms with van der Waals surface area (Å²) in [6, 6.07) is -0.850. The summed E-state index contributed by atoms with van der Waals surface area (Å²) < 4.78 is 9.78. The molecule has 0 saturated heterocycles. The number of carbonyl (C=O) groups excluding carboxylic acids is 1. The van der Waals surface area contributed by atoms with Gasteiger partial charge >= 0.3 is 5.97 Å². The summed E-state index contributed by atoms with van der Waals surface area (Å²) in [5.74, 6) is -0.310. The van der Waals surface area contributed by atoms with Crippen molar-refractivity contribution in [1.29, 1.82) is 0 Å². The second kappa shape index (κ2) is 9.29. The van der Waals surface area contributed by atoms with E-state index in [9.17, 15) is 4.79 Å². The SMILES string of the molecule is C=CCCC(=O)OCCOC[C@H](N)C(O)O. The van der Waals surface area contributed by atoms with E-state index in [0.29, 0.717) is 12.8 Å². The first-order valence-corrected chi connectivity index (χ1v) is 5.04. The summed E-state index contributed by atoms with van der Waals surface area (Å²) in [6.45, 7) is 3.80. The molecule has 0 heterocycles. The van der Waals surface area contributed by atoms with Gasteiger partial charge in [0.2, 0.25) is 0 Å². The number of hydrogen-bond donors (Lipinski definition) is 3. The molecule has 1 atom stereocenters. The van der Waals surface area contributed by atoms with Crippen LogP contribution in [0.4, 0.5) is 0 Å². The van der Waals surface area contributed by atoms with Crippen LogP contribution in [0.25, 0.3) is 0 Å². The summed E-state index contributed by atoms with van der Waals surface area (Å²) in [6.07, 6.45) is 0.925. The molecule has 0 rings (SSSR count). The van der Waals surface area contributed by atoms with Crippen LogP contribution in [-0.2, 0) is 14.3 Å². The van der Waals surface area contributed by atoms with E-state index in [-0.39, 0.29) is 25.8 Å². The lowest BCUT2D eigenvalue weighted by molar-refractivity contribution is -0.145. The van der Waals surface area contributed by atoms with E-state index in [2.05, 4.69) is 6.58 Å². The highest BCUT2D eigenvalue weighted by Crippen LogP contribution is 1.93. The minimum Gasteiger partial charge on any atom is -0.463 e. The zero-order valence-electron chi connectivity index (χ0n) is 9.17. The van der Waals surface area contributed by atoms with Gasteiger partial charge in [-0.3, -0.25) is 4.79 Å². The second-order valence-corrected chi connectivity index (χ2v) is 3.20. The van der Waals surface area contributed by atoms with E-state index in [0.717, 1.165) is 0 Å². The molecule has 0 aliphatic rings. The molecule has 0 radical (unpaired) electrons. The van der Waals surface area contributed by atoms with Gasteiger partial charge in [0.15, 0.2) is 6.29 Å². The van der Waals surface area contributed by atoms with Crippen molar-refractivity contribution in [3.63, 3.8) is 0 Å². The predicted octanol–water partition coefficient (Wildman–Crippen LogP) is -0.850. The van der Waals surface area contributed by atoms with Crippen LogP contribution in [0.5, 0.6) is 0 Å². The van der Waals surface area contributed by atoms with Crippen LogP contribution >= 0.6 is 0 Å². The largest absolute Gasteiger partial charge is 0.463 e. The smallest absolute Gasteiger partial charge is 0.306 e. The standard InChI is InChI=1S/C10H19NO5/c1-2-3-4-9(12)16-6-5-15-7-8(11)10(13)14/h2,8,10,13-14H,1,3-7,11H2/t8-/m0/s1. The fourth-order valence-corrected chi connectivity index (χ4v) is 0.812. The number of hydrogen-bond acceptors (Lipinski definition) is 6. The van der Waals surface area contributed by atoms with Crippen LogP contribution in [0.2, 0.25) is 0 Å². The molecule has 0 amide bonds. The minimum atomic E-state index is -1.60. The Labute approximate surface area is 94.7 Å². The fourth-order valence-electron chi connectivity index (χ4n) is 0.812. The molecule has 16 heavy (non-hydrogen) atoms. The van der Waals surface area contributed by atoms with Gasteiger partial charge in [-0.05, 0) is 6.42 Å².